The van der Waals surface area contributed by atoms with E-state index < -0.39 is 0 Å². The Morgan fingerprint density at radius 1 is 0.296 bits per heavy atom. The number of para-hydroxylation sites is 3. The molecule has 0 N–H and O–H groups in total. The quantitative estimate of drug-likeness (QED) is 0.174. The van der Waals surface area contributed by atoms with Crippen LogP contribution in [0.15, 0.2) is 164 Å². The second kappa shape index (κ2) is 12.6. The molecular weight excluding hydrogens is 661 g/mol. The summed E-state index contributed by atoms with van der Waals surface area (Å²) in [6, 6.07) is 56.9. The van der Waals surface area contributed by atoms with Gasteiger partial charge >= 0.3 is 0 Å². The predicted octanol–water partition coefficient (Wildman–Crippen LogP) is 11.6. The first-order chi connectivity index (χ1) is 26.6. The molecule has 0 fully saturated rings. The molecule has 0 saturated heterocycles. The summed E-state index contributed by atoms with van der Waals surface area (Å²) >= 11 is 0. The smallest absolute Gasteiger partial charge is 0.101 e. The van der Waals surface area contributed by atoms with Crippen molar-refractivity contribution in [3.63, 3.8) is 0 Å². The molecule has 10 rings (SSSR count). The van der Waals surface area contributed by atoms with E-state index in [4.69, 9.17) is 15.3 Å². The third kappa shape index (κ3) is 4.84. The van der Waals surface area contributed by atoms with Crippen LogP contribution in [0.5, 0.6) is 0 Å². The number of fused-ring (bicyclic) bond motifs is 3. The van der Waals surface area contributed by atoms with E-state index in [1.807, 2.05) is 18.2 Å². The van der Waals surface area contributed by atoms with Gasteiger partial charge in [-0.1, -0.05) is 146 Å². The monoisotopic (exact) mass is 696 g/mol. The third-order valence-electron chi connectivity index (χ3n) is 10.7. The average molecular weight is 697 g/mol. The minimum Gasteiger partial charge on any atom is -0.232 e. The number of aromatic nitrogens is 6. The molecule has 0 bridgehead atoms. The van der Waals surface area contributed by atoms with E-state index in [1.54, 1.807) is 0 Å². The maximum Gasteiger partial charge on any atom is 0.101 e. The van der Waals surface area contributed by atoms with E-state index in [-0.39, 0.29) is 0 Å². The van der Waals surface area contributed by atoms with Crippen molar-refractivity contribution >= 4 is 32.7 Å². The minimum atomic E-state index is 0.945. The molecule has 0 amide bonds. The fourth-order valence-corrected chi connectivity index (χ4v) is 8.27. The third-order valence-corrected chi connectivity index (χ3v) is 10.7. The molecule has 0 atom stereocenters. The van der Waals surface area contributed by atoms with E-state index in [0.29, 0.717) is 0 Å². The minimum absolute atomic E-state index is 0.945. The van der Waals surface area contributed by atoms with Gasteiger partial charge in [-0.25, -0.2) is 14.0 Å². The highest BCUT2D eigenvalue weighted by Gasteiger charge is 2.27. The Kier molecular flexibility index (Phi) is 7.37. The molecule has 54 heavy (non-hydrogen) atoms. The normalized spacial score (nSPS) is 11.6. The van der Waals surface area contributed by atoms with Gasteiger partial charge in [-0.3, -0.25) is 0 Å². The van der Waals surface area contributed by atoms with Crippen molar-refractivity contribution in [3.8, 4) is 50.8 Å². The van der Waals surface area contributed by atoms with Gasteiger partial charge in [0.15, 0.2) is 0 Å². The molecule has 6 heteroatoms. The number of hydrogen-bond donors (Lipinski definition) is 0. The van der Waals surface area contributed by atoms with Crippen LogP contribution in [0.2, 0.25) is 0 Å². The van der Waals surface area contributed by atoms with Crippen LogP contribution in [-0.4, -0.2) is 29.3 Å². The highest BCUT2D eigenvalue weighted by Crippen LogP contribution is 2.41. The van der Waals surface area contributed by atoms with Crippen molar-refractivity contribution in [2.45, 2.75) is 20.8 Å². The first kappa shape index (κ1) is 31.7. The first-order valence-electron chi connectivity index (χ1n) is 18.3. The lowest BCUT2D eigenvalue weighted by Crippen LogP contribution is -2.14. The Balaban J connectivity index is 1.34. The zero-order valence-corrected chi connectivity index (χ0v) is 30.3. The maximum atomic E-state index is 5.44. The molecule has 3 aromatic heterocycles. The van der Waals surface area contributed by atoms with Crippen LogP contribution in [0.3, 0.4) is 0 Å². The van der Waals surface area contributed by atoms with Crippen LogP contribution < -0.4 is 0 Å². The summed E-state index contributed by atoms with van der Waals surface area (Å²) in [5.41, 5.74) is 15.4. The van der Waals surface area contributed by atoms with Crippen molar-refractivity contribution in [3.05, 3.63) is 180 Å². The Bertz CT molecular complexity index is 2660. The van der Waals surface area contributed by atoms with Crippen molar-refractivity contribution in [1.29, 1.82) is 0 Å². The lowest BCUT2D eigenvalue weighted by atomic mass is 9.98. The average Bonchev–Trinajstić information content (AvgIpc) is 3.92. The Hall–Kier alpha value is -7.05. The van der Waals surface area contributed by atoms with Crippen LogP contribution in [-0.2, 0) is 0 Å². The van der Waals surface area contributed by atoms with E-state index in [0.717, 1.165) is 100 Å². The molecular formula is C48H36N6. The second-order valence-corrected chi connectivity index (χ2v) is 13.9. The van der Waals surface area contributed by atoms with Crippen molar-refractivity contribution < 1.29 is 0 Å². The molecule has 0 saturated carbocycles. The van der Waals surface area contributed by atoms with Gasteiger partial charge in [0.05, 0.1) is 33.6 Å². The molecule has 10 aromatic rings. The largest absolute Gasteiger partial charge is 0.232 e. The van der Waals surface area contributed by atoms with Gasteiger partial charge in [-0.15, -0.1) is 0 Å². The van der Waals surface area contributed by atoms with Crippen LogP contribution in [0.1, 0.15) is 16.7 Å². The predicted molar refractivity (Wildman–Crippen MR) is 221 cm³/mol. The molecule has 3 heterocycles. The van der Waals surface area contributed by atoms with Gasteiger partial charge in [0, 0.05) is 49.5 Å². The van der Waals surface area contributed by atoms with Gasteiger partial charge in [0.25, 0.3) is 0 Å². The van der Waals surface area contributed by atoms with E-state index in [9.17, 15) is 0 Å². The SMILES string of the molecule is Cc1c(-n2nc(-c3ccccc3)c3ccccc32)c(C)c(-n2nc(-c3ccccc3)c3ccccc32)c(C)c1-n1nc(-c2ccccc2)c2ccccc21. The topological polar surface area (TPSA) is 53.5 Å². The summed E-state index contributed by atoms with van der Waals surface area (Å²) in [5, 5.41) is 19.6. The molecule has 0 radical (unpaired) electrons. The van der Waals surface area contributed by atoms with Gasteiger partial charge in [0.2, 0.25) is 0 Å². The summed E-state index contributed by atoms with van der Waals surface area (Å²) < 4.78 is 6.42. The van der Waals surface area contributed by atoms with Crippen LogP contribution in [0.4, 0.5) is 0 Å². The fraction of sp³-hybridized carbons (Fsp3) is 0.0625. The molecule has 6 nitrogen and oxygen atoms in total. The molecule has 0 unspecified atom stereocenters. The summed E-state index contributed by atoms with van der Waals surface area (Å²) in [7, 11) is 0. The zero-order valence-electron chi connectivity index (χ0n) is 30.3. The van der Waals surface area contributed by atoms with Crippen LogP contribution in [0.25, 0.3) is 83.5 Å². The van der Waals surface area contributed by atoms with Gasteiger partial charge in [-0.05, 0) is 39.0 Å². The maximum absolute atomic E-state index is 5.44. The first-order valence-corrected chi connectivity index (χ1v) is 18.3. The van der Waals surface area contributed by atoms with Crippen molar-refractivity contribution in [2.75, 3.05) is 0 Å². The molecule has 0 aliphatic carbocycles. The molecule has 0 aliphatic heterocycles. The summed E-state index contributed by atoms with van der Waals surface area (Å²) in [6.45, 7) is 6.63. The number of nitrogens with zero attached hydrogens (tertiary/aromatic N) is 6. The number of rotatable bonds is 6. The molecule has 258 valence electrons. The van der Waals surface area contributed by atoms with Gasteiger partial charge in [0.1, 0.15) is 17.1 Å². The van der Waals surface area contributed by atoms with E-state index >= 15 is 0 Å². The summed E-state index contributed by atoms with van der Waals surface area (Å²) in [5.74, 6) is 0. The summed E-state index contributed by atoms with van der Waals surface area (Å²) in [4.78, 5) is 0. The zero-order chi connectivity index (χ0) is 36.3. The molecule has 0 aliphatic rings. The Labute approximate surface area is 313 Å². The summed E-state index contributed by atoms with van der Waals surface area (Å²) in [6.07, 6.45) is 0. The lowest BCUT2D eigenvalue weighted by Gasteiger charge is -2.23. The molecule has 7 aromatic carbocycles. The second-order valence-electron chi connectivity index (χ2n) is 13.9. The van der Waals surface area contributed by atoms with Gasteiger partial charge < -0.3 is 0 Å². The van der Waals surface area contributed by atoms with E-state index in [1.165, 1.54) is 0 Å². The fourth-order valence-electron chi connectivity index (χ4n) is 8.27. The lowest BCUT2D eigenvalue weighted by molar-refractivity contribution is 0.835. The standard InChI is InChI=1S/C48H36N6/c1-31-46(52-40-28-16-13-25-37(40)43(49-52)34-19-7-4-8-20-34)32(2)48(54-42-30-18-15-27-39(42)45(51-54)36-23-11-6-12-24-36)33(3)47(31)53-41-29-17-14-26-38(41)44(50-53)35-21-9-5-10-22-35/h4-30H,1-3H3. The van der Waals surface area contributed by atoms with Crippen molar-refractivity contribution in [2.24, 2.45) is 0 Å². The number of benzene rings is 7. The Morgan fingerprint density at radius 3 is 0.815 bits per heavy atom. The van der Waals surface area contributed by atoms with Crippen molar-refractivity contribution in [1.82, 2.24) is 29.3 Å². The highest BCUT2D eigenvalue weighted by molar-refractivity contribution is 5.98. The molecule has 0 spiro atoms. The van der Waals surface area contributed by atoms with Crippen LogP contribution in [0, 0.1) is 20.8 Å². The Morgan fingerprint density at radius 2 is 0.537 bits per heavy atom. The number of hydrogen-bond acceptors (Lipinski definition) is 3. The van der Waals surface area contributed by atoms with Crippen LogP contribution >= 0.6 is 0 Å². The highest BCUT2D eigenvalue weighted by atomic mass is 15.3. The van der Waals surface area contributed by atoms with Gasteiger partial charge in [-0.2, -0.15) is 15.3 Å². The van der Waals surface area contributed by atoms with E-state index in [2.05, 4.69) is 180 Å².